The van der Waals surface area contributed by atoms with Gasteiger partial charge >= 0.3 is 5.97 Å². The Kier molecular flexibility index (Phi) is 4.38. The van der Waals surface area contributed by atoms with Gasteiger partial charge in [-0.1, -0.05) is 11.6 Å². The lowest BCUT2D eigenvalue weighted by molar-refractivity contribution is -0.384. The quantitative estimate of drug-likeness (QED) is 0.645. The third kappa shape index (κ3) is 3.11. The van der Waals surface area contributed by atoms with E-state index in [0.717, 1.165) is 12.1 Å². The summed E-state index contributed by atoms with van der Waals surface area (Å²) in [5, 5.41) is 22.3. The van der Waals surface area contributed by atoms with Crippen LogP contribution in [0.15, 0.2) is 18.2 Å². The number of nitro groups is 1. The van der Waals surface area contributed by atoms with Gasteiger partial charge in [-0.15, -0.1) is 0 Å². The molecule has 112 valence electrons. The third-order valence-electron chi connectivity index (χ3n) is 3.19. The van der Waals surface area contributed by atoms with Crippen LogP contribution in [0.25, 0.3) is 0 Å². The molecular weight excluding hydrogens is 320 g/mol. The number of carboxylic acid groups (broad SMARTS) is 1. The number of nitrogens with one attached hydrogen (secondary N) is 1. The second kappa shape index (κ2) is 5.90. The van der Waals surface area contributed by atoms with Gasteiger partial charge in [0.1, 0.15) is 5.54 Å². The minimum atomic E-state index is -1.31. The third-order valence-corrected chi connectivity index (χ3v) is 4.69. The fourth-order valence-electron chi connectivity index (χ4n) is 1.97. The van der Waals surface area contributed by atoms with Crippen molar-refractivity contribution in [2.24, 2.45) is 0 Å². The minimum absolute atomic E-state index is 0.0137. The van der Waals surface area contributed by atoms with E-state index in [4.69, 9.17) is 11.6 Å². The van der Waals surface area contributed by atoms with E-state index in [-0.39, 0.29) is 22.0 Å². The highest BCUT2D eigenvalue weighted by atomic mass is 35.5. The molecule has 0 spiro atoms. The highest BCUT2D eigenvalue weighted by molar-refractivity contribution is 7.99. The van der Waals surface area contributed by atoms with E-state index in [2.05, 4.69) is 5.32 Å². The second-order valence-electron chi connectivity index (χ2n) is 4.57. The van der Waals surface area contributed by atoms with Crippen molar-refractivity contribution in [2.75, 3.05) is 11.5 Å². The molecule has 9 heteroatoms. The molecule has 0 saturated carbocycles. The van der Waals surface area contributed by atoms with E-state index in [0.29, 0.717) is 12.2 Å². The number of hydrogen-bond donors (Lipinski definition) is 2. The van der Waals surface area contributed by atoms with Crippen LogP contribution in [0.4, 0.5) is 5.69 Å². The van der Waals surface area contributed by atoms with Crippen LogP contribution in [0.5, 0.6) is 0 Å². The van der Waals surface area contributed by atoms with Crippen LogP contribution < -0.4 is 5.32 Å². The van der Waals surface area contributed by atoms with Gasteiger partial charge in [0.25, 0.3) is 11.6 Å². The maximum atomic E-state index is 12.2. The molecule has 2 N–H and O–H groups in total. The molecule has 21 heavy (non-hydrogen) atoms. The first-order valence-corrected chi connectivity index (χ1v) is 7.46. The lowest BCUT2D eigenvalue weighted by Crippen LogP contribution is -2.54. The van der Waals surface area contributed by atoms with Crippen molar-refractivity contribution in [3.05, 3.63) is 38.9 Å². The molecule has 1 aliphatic heterocycles. The van der Waals surface area contributed by atoms with E-state index in [9.17, 15) is 24.8 Å². The van der Waals surface area contributed by atoms with Gasteiger partial charge in [-0.25, -0.2) is 4.79 Å². The van der Waals surface area contributed by atoms with E-state index in [1.54, 1.807) is 0 Å². The van der Waals surface area contributed by atoms with Gasteiger partial charge in [0.2, 0.25) is 0 Å². The first-order valence-electron chi connectivity index (χ1n) is 5.93. The normalized spacial score (nSPS) is 21.0. The number of carboxylic acids is 1. The fourth-order valence-corrected chi connectivity index (χ4v) is 3.56. The summed E-state index contributed by atoms with van der Waals surface area (Å²) in [6.07, 6.45) is 0.323. The molecule has 1 aromatic carbocycles. The number of amides is 1. The van der Waals surface area contributed by atoms with Gasteiger partial charge in [0.05, 0.1) is 15.5 Å². The number of non-ortho nitro benzene ring substituents is 1. The van der Waals surface area contributed by atoms with Crippen LogP contribution in [0.2, 0.25) is 5.02 Å². The van der Waals surface area contributed by atoms with Crippen LogP contribution in [-0.2, 0) is 4.79 Å². The van der Waals surface area contributed by atoms with Crippen molar-refractivity contribution in [3.8, 4) is 0 Å². The maximum Gasteiger partial charge on any atom is 0.330 e. The Morgan fingerprint density at radius 2 is 2.19 bits per heavy atom. The summed E-state index contributed by atoms with van der Waals surface area (Å²) in [7, 11) is 0. The number of rotatable bonds is 4. The highest BCUT2D eigenvalue weighted by Crippen LogP contribution is 2.29. The molecule has 1 atom stereocenters. The van der Waals surface area contributed by atoms with Crippen molar-refractivity contribution in [1.29, 1.82) is 0 Å². The van der Waals surface area contributed by atoms with Gasteiger partial charge in [-0.2, -0.15) is 11.8 Å². The molecule has 0 aromatic heterocycles. The SMILES string of the molecule is O=C(NC1(C(=O)O)CCSC1)c1ccc([N+](=O)[O-])cc1Cl. The second-order valence-corrected chi connectivity index (χ2v) is 6.08. The molecule has 0 radical (unpaired) electrons. The average Bonchev–Trinajstić information content (AvgIpc) is 2.88. The molecule has 1 heterocycles. The summed E-state index contributed by atoms with van der Waals surface area (Å²) in [6, 6.07) is 3.43. The Hall–Kier alpha value is -1.80. The van der Waals surface area contributed by atoms with Crippen molar-refractivity contribution in [2.45, 2.75) is 12.0 Å². The molecule has 7 nitrogen and oxygen atoms in total. The first-order chi connectivity index (χ1) is 9.85. The molecule has 1 saturated heterocycles. The number of halogens is 1. The number of carbonyl (C=O) groups is 2. The van der Waals surface area contributed by atoms with Gasteiger partial charge in [0.15, 0.2) is 0 Å². The van der Waals surface area contributed by atoms with Crippen molar-refractivity contribution in [3.63, 3.8) is 0 Å². The van der Waals surface area contributed by atoms with E-state index >= 15 is 0 Å². The average molecular weight is 331 g/mol. The summed E-state index contributed by atoms with van der Waals surface area (Å²) in [5.74, 6) is -0.835. The smallest absolute Gasteiger partial charge is 0.330 e. The van der Waals surface area contributed by atoms with E-state index in [1.807, 2.05) is 0 Å². The number of nitrogens with zero attached hydrogens (tertiary/aromatic N) is 1. The number of thioether (sulfide) groups is 1. The van der Waals surface area contributed by atoms with Crippen LogP contribution in [0, 0.1) is 10.1 Å². The number of hydrogen-bond acceptors (Lipinski definition) is 5. The largest absolute Gasteiger partial charge is 0.479 e. The number of carbonyl (C=O) groups excluding carboxylic acids is 1. The topological polar surface area (TPSA) is 110 Å². The van der Waals surface area contributed by atoms with Gasteiger partial charge < -0.3 is 10.4 Å². The van der Waals surface area contributed by atoms with Gasteiger partial charge in [-0.3, -0.25) is 14.9 Å². The Balaban J connectivity index is 2.24. The summed E-state index contributed by atoms with van der Waals surface area (Å²) in [4.78, 5) is 33.5. The van der Waals surface area contributed by atoms with Crippen molar-refractivity contribution < 1.29 is 19.6 Å². The fraction of sp³-hybridized carbons (Fsp3) is 0.333. The molecular formula is C12H11ClN2O5S. The van der Waals surface area contributed by atoms with Gasteiger partial charge in [-0.05, 0) is 18.2 Å². The summed E-state index contributed by atoms with van der Waals surface area (Å²) >= 11 is 7.30. The lowest BCUT2D eigenvalue weighted by Gasteiger charge is -2.24. The lowest BCUT2D eigenvalue weighted by atomic mass is 9.98. The predicted molar refractivity (Wildman–Crippen MR) is 77.9 cm³/mol. The molecule has 1 unspecified atom stereocenters. The Morgan fingerprint density at radius 3 is 2.67 bits per heavy atom. The summed E-state index contributed by atoms with van der Waals surface area (Å²) in [6.45, 7) is 0. The molecule has 1 aliphatic rings. The van der Waals surface area contributed by atoms with Gasteiger partial charge in [0, 0.05) is 17.9 Å². The number of benzene rings is 1. The Labute approximate surface area is 128 Å². The first kappa shape index (κ1) is 15.6. The number of aliphatic carboxylic acids is 1. The zero-order valence-corrected chi connectivity index (χ0v) is 12.2. The van der Waals surface area contributed by atoms with Crippen molar-refractivity contribution >= 4 is 40.9 Å². The van der Waals surface area contributed by atoms with Crippen LogP contribution >= 0.6 is 23.4 Å². The van der Waals surface area contributed by atoms with E-state index < -0.39 is 22.3 Å². The molecule has 1 fully saturated rings. The molecule has 0 aliphatic carbocycles. The van der Waals surface area contributed by atoms with Crippen LogP contribution in [-0.4, -0.2) is 39.0 Å². The zero-order chi connectivity index (χ0) is 15.6. The predicted octanol–water partition coefficient (Wildman–Crippen LogP) is 1.94. The maximum absolute atomic E-state index is 12.2. The molecule has 2 rings (SSSR count). The molecule has 0 bridgehead atoms. The summed E-state index contributed by atoms with van der Waals surface area (Å²) in [5.41, 5.74) is -1.53. The highest BCUT2D eigenvalue weighted by Gasteiger charge is 2.43. The Morgan fingerprint density at radius 1 is 1.48 bits per heavy atom. The Bertz CT molecular complexity index is 616. The van der Waals surface area contributed by atoms with Crippen LogP contribution in [0.3, 0.4) is 0 Å². The van der Waals surface area contributed by atoms with E-state index in [1.165, 1.54) is 17.8 Å². The summed E-state index contributed by atoms with van der Waals surface area (Å²) < 4.78 is 0. The minimum Gasteiger partial charge on any atom is -0.479 e. The monoisotopic (exact) mass is 330 g/mol. The molecule has 1 amide bonds. The number of nitro benzene ring substituents is 1. The zero-order valence-electron chi connectivity index (χ0n) is 10.7. The standard InChI is InChI=1S/C12H11ClN2O5S/c13-9-5-7(15(19)20)1-2-8(9)10(16)14-12(11(17)18)3-4-21-6-12/h1-2,5H,3-4,6H2,(H,14,16)(H,17,18). The van der Waals surface area contributed by atoms with Crippen LogP contribution in [0.1, 0.15) is 16.8 Å². The molecule has 1 aromatic rings. The van der Waals surface area contributed by atoms with Crippen molar-refractivity contribution in [1.82, 2.24) is 5.32 Å².